The highest BCUT2D eigenvalue weighted by molar-refractivity contribution is 5.85. The van der Waals surface area contributed by atoms with Gasteiger partial charge in [-0.2, -0.15) is 0 Å². The van der Waals surface area contributed by atoms with Gasteiger partial charge in [0, 0.05) is 5.56 Å². The van der Waals surface area contributed by atoms with Crippen LogP contribution in [0.1, 0.15) is 36.0 Å². The molecule has 0 atom stereocenters. The van der Waals surface area contributed by atoms with Crippen molar-refractivity contribution in [1.82, 2.24) is 0 Å². The molecular weight excluding hydrogens is 232 g/mol. The van der Waals surface area contributed by atoms with Crippen molar-refractivity contribution in [3.63, 3.8) is 0 Å². The monoisotopic (exact) mass is 248 g/mol. The number of fused-ring (bicyclic) bond motifs is 1. The maximum atomic E-state index is 11.7. The topological polar surface area (TPSA) is 55.8 Å². The molecule has 1 aliphatic carbocycles. The number of aryl methyl sites for hydroxylation is 1. The highest BCUT2D eigenvalue weighted by atomic mass is 16.7. The third-order valence-corrected chi connectivity index (χ3v) is 4.28. The Labute approximate surface area is 106 Å². The first-order chi connectivity index (χ1) is 8.56. The third kappa shape index (κ3) is 1.29. The molecule has 0 spiro atoms. The molecule has 1 aromatic rings. The van der Waals surface area contributed by atoms with Gasteiger partial charge in [0.05, 0.1) is 5.41 Å². The first kappa shape index (κ1) is 11.4. The van der Waals surface area contributed by atoms with Gasteiger partial charge in [-0.25, -0.2) is 0 Å². The van der Waals surface area contributed by atoms with Crippen LogP contribution >= 0.6 is 0 Å². The highest BCUT2D eigenvalue weighted by Crippen LogP contribution is 2.53. The summed E-state index contributed by atoms with van der Waals surface area (Å²) in [5.41, 5.74) is 2.13. The van der Waals surface area contributed by atoms with Crippen molar-refractivity contribution >= 4 is 5.97 Å². The van der Waals surface area contributed by atoms with Gasteiger partial charge >= 0.3 is 5.97 Å². The fourth-order valence-electron chi connectivity index (χ4n) is 2.94. The summed E-state index contributed by atoms with van der Waals surface area (Å²) < 4.78 is 10.9. The van der Waals surface area contributed by atoms with E-state index in [9.17, 15) is 9.90 Å². The molecule has 1 N–H and O–H groups in total. The second-order valence-corrected chi connectivity index (χ2v) is 5.17. The quantitative estimate of drug-likeness (QED) is 0.873. The van der Waals surface area contributed by atoms with E-state index in [4.69, 9.17) is 9.47 Å². The summed E-state index contributed by atoms with van der Waals surface area (Å²) in [6.45, 7) is 4.13. The van der Waals surface area contributed by atoms with E-state index in [2.05, 4.69) is 0 Å². The number of ether oxygens (including phenoxy) is 2. The number of carboxylic acid groups (broad SMARTS) is 1. The van der Waals surface area contributed by atoms with Gasteiger partial charge in [0.25, 0.3) is 0 Å². The summed E-state index contributed by atoms with van der Waals surface area (Å²) in [6.07, 6.45) is 2.32. The summed E-state index contributed by atoms with van der Waals surface area (Å²) in [4.78, 5) is 11.7. The molecule has 1 saturated carbocycles. The van der Waals surface area contributed by atoms with Crippen molar-refractivity contribution in [2.24, 2.45) is 0 Å². The van der Waals surface area contributed by atoms with E-state index in [1.54, 1.807) is 0 Å². The zero-order valence-corrected chi connectivity index (χ0v) is 10.6. The second kappa shape index (κ2) is 3.64. The summed E-state index contributed by atoms with van der Waals surface area (Å²) in [5, 5.41) is 9.59. The van der Waals surface area contributed by atoms with Crippen LogP contribution in [0.5, 0.6) is 11.5 Å². The molecule has 0 bridgehead atoms. The number of hydrogen-bond donors (Lipinski definition) is 1. The Kier molecular flexibility index (Phi) is 2.30. The van der Waals surface area contributed by atoms with E-state index in [-0.39, 0.29) is 6.79 Å². The Bertz CT molecular complexity index is 529. The fraction of sp³-hybridized carbons (Fsp3) is 0.500. The van der Waals surface area contributed by atoms with E-state index in [1.807, 2.05) is 19.9 Å². The summed E-state index contributed by atoms with van der Waals surface area (Å²) in [5.74, 6) is 0.570. The number of carbonyl (C=O) groups is 1. The van der Waals surface area contributed by atoms with Gasteiger partial charge in [-0.15, -0.1) is 0 Å². The van der Waals surface area contributed by atoms with Crippen LogP contribution in [-0.2, 0) is 10.2 Å². The van der Waals surface area contributed by atoms with E-state index >= 15 is 0 Å². The first-order valence-corrected chi connectivity index (χ1v) is 6.20. The first-order valence-electron chi connectivity index (χ1n) is 6.20. The molecule has 0 radical (unpaired) electrons. The average Bonchev–Trinajstić information content (AvgIpc) is 2.68. The molecule has 1 heterocycles. The largest absolute Gasteiger partial charge is 0.481 e. The Morgan fingerprint density at radius 2 is 2.06 bits per heavy atom. The smallest absolute Gasteiger partial charge is 0.314 e. The molecule has 0 aromatic heterocycles. The van der Waals surface area contributed by atoms with E-state index in [1.165, 1.54) is 0 Å². The lowest BCUT2D eigenvalue weighted by Gasteiger charge is -2.39. The minimum absolute atomic E-state index is 0.181. The normalized spacial score (nSPS) is 19.4. The van der Waals surface area contributed by atoms with Crippen molar-refractivity contribution in [2.75, 3.05) is 6.79 Å². The average molecular weight is 248 g/mol. The van der Waals surface area contributed by atoms with E-state index in [0.717, 1.165) is 23.1 Å². The molecule has 96 valence electrons. The molecule has 3 rings (SSSR count). The number of benzene rings is 1. The Morgan fingerprint density at radius 3 is 2.61 bits per heavy atom. The Balaban J connectivity index is 2.25. The molecule has 0 saturated heterocycles. The number of carboxylic acids is 1. The third-order valence-electron chi connectivity index (χ3n) is 4.28. The molecule has 4 heteroatoms. The predicted molar refractivity (Wildman–Crippen MR) is 65.2 cm³/mol. The zero-order chi connectivity index (χ0) is 12.9. The van der Waals surface area contributed by atoms with Gasteiger partial charge in [-0.1, -0.05) is 6.42 Å². The minimum atomic E-state index is -0.770. The number of hydrogen-bond acceptors (Lipinski definition) is 3. The molecule has 1 aromatic carbocycles. The van der Waals surface area contributed by atoms with Crippen LogP contribution in [0, 0.1) is 13.8 Å². The highest BCUT2D eigenvalue weighted by Gasteiger charge is 2.50. The number of rotatable bonds is 2. The van der Waals surface area contributed by atoms with Crippen LogP contribution in [0.15, 0.2) is 6.07 Å². The molecule has 0 amide bonds. The Morgan fingerprint density at radius 1 is 1.33 bits per heavy atom. The Hall–Kier alpha value is -1.71. The van der Waals surface area contributed by atoms with Crippen molar-refractivity contribution in [3.05, 3.63) is 22.8 Å². The van der Waals surface area contributed by atoms with E-state index < -0.39 is 11.4 Å². The molecule has 1 aliphatic heterocycles. The lowest BCUT2D eigenvalue weighted by atomic mass is 9.62. The van der Waals surface area contributed by atoms with Gasteiger partial charge in [0.2, 0.25) is 6.79 Å². The van der Waals surface area contributed by atoms with Crippen LogP contribution in [-0.4, -0.2) is 17.9 Å². The lowest BCUT2D eigenvalue weighted by Crippen LogP contribution is -2.43. The van der Waals surface area contributed by atoms with Gasteiger partial charge in [-0.3, -0.25) is 4.79 Å². The molecular formula is C14H16O4. The second-order valence-electron chi connectivity index (χ2n) is 5.17. The van der Waals surface area contributed by atoms with Gasteiger partial charge in [-0.05, 0) is 43.9 Å². The zero-order valence-electron chi connectivity index (χ0n) is 10.6. The molecule has 4 nitrogen and oxygen atoms in total. The van der Waals surface area contributed by atoms with Crippen LogP contribution in [0.4, 0.5) is 0 Å². The van der Waals surface area contributed by atoms with Gasteiger partial charge in [0.1, 0.15) is 0 Å². The molecule has 2 aliphatic rings. The number of aliphatic carboxylic acids is 1. The van der Waals surface area contributed by atoms with Crippen molar-refractivity contribution in [1.29, 1.82) is 0 Å². The van der Waals surface area contributed by atoms with Crippen molar-refractivity contribution in [2.45, 2.75) is 38.5 Å². The fourth-order valence-corrected chi connectivity index (χ4v) is 2.94. The van der Waals surface area contributed by atoms with Crippen LogP contribution in [0.2, 0.25) is 0 Å². The molecule has 1 fully saturated rings. The maximum absolute atomic E-state index is 11.7. The van der Waals surface area contributed by atoms with Crippen LogP contribution < -0.4 is 9.47 Å². The van der Waals surface area contributed by atoms with Gasteiger partial charge < -0.3 is 14.6 Å². The lowest BCUT2D eigenvalue weighted by molar-refractivity contribution is -0.147. The minimum Gasteiger partial charge on any atom is -0.481 e. The van der Waals surface area contributed by atoms with Crippen molar-refractivity contribution in [3.8, 4) is 11.5 Å². The molecule has 0 unspecified atom stereocenters. The van der Waals surface area contributed by atoms with Crippen LogP contribution in [0.3, 0.4) is 0 Å². The SMILES string of the molecule is Cc1cc2c(c(C3(C(=O)O)CCC3)c1C)OCO2. The summed E-state index contributed by atoms with van der Waals surface area (Å²) in [6, 6.07) is 1.93. The predicted octanol–water partition coefficient (Wildman–Crippen LogP) is 2.54. The van der Waals surface area contributed by atoms with Gasteiger partial charge in [0.15, 0.2) is 11.5 Å². The summed E-state index contributed by atoms with van der Waals surface area (Å²) >= 11 is 0. The van der Waals surface area contributed by atoms with Crippen molar-refractivity contribution < 1.29 is 19.4 Å². The maximum Gasteiger partial charge on any atom is 0.314 e. The van der Waals surface area contributed by atoms with Crippen LogP contribution in [0.25, 0.3) is 0 Å². The summed E-state index contributed by atoms with van der Waals surface area (Å²) in [7, 11) is 0. The van der Waals surface area contributed by atoms with E-state index in [0.29, 0.717) is 24.3 Å². The molecule has 18 heavy (non-hydrogen) atoms. The standard InChI is InChI=1S/C14H16O4/c1-8-6-10-12(18-7-17-10)11(9(8)2)14(13(15)16)4-3-5-14/h6H,3-5,7H2,1-2H3,(H,15,16).